The summed E-state index contributed by atoms with van der Waals surface area (Å²) in [5.74, 6) is -0.270. The van der Waals surface area contributed by atoms with E-state index in [0.717, 1.165) is 0 Å². The first-order chi connectivity index (χ1) is 14.9. The first-order valence-electron chi connectivity index (χ1n) is 9.68. The van der Waals surface area contributed by atoms with Gasteiger partial charge in [-0.15, -0.1) is 0 Å². The Balaban J connectivity index is 2.57. The molecule has 0 aliphatic rings. The van der Waals surface area contributed by atoms with Gasteiger partial charge in [-0.2, -0.15) is 0 Å². The first kappa shape index (κ1) is 24.4. The molecular formula is C21H27ClN2O7. The summed E-state index contributed by atoms with van der Waals surface area (Å²) < 4.78 is 21.6. The van der Waals surface area contributed by atoms with Crippen LogP contribution in [-0.2, 0) is 16.1 Å². The fourth-order valence-electron chi connectivity index (χ4n) is 3.05. The minimum atomic E-state index is -0.914. The Kier molecular flexibility index (Phi) is 9.02. The molecule has 0 saturated heterocycles. The smallest absolute Gasteiger partial charge is 0.356 e. The van der Waals surface area contributed by atoms with Gasteiger partial charge in [0.2, 0.25) is 5.75 Å². The zero-order valence-corrected chi connectivity index (χ0v) is 18.7. The average molecular weight is 455 g/mol. The van der Waals surface area contributed by atoms with Crippen molar-refractivity contribution in [2.75, 3.05) is 34.5 Å². The van der Waals surface area contributed by atoms with E-state index in [1.54, 1.807) is 12.1 Å². The molecular weight excluding hydrogens is 428 g/mol. The van der Waals surface area contributed by atoms with Crippen LogP contribution >= 0.6 is 11.6 Å². The lowest BCUT2D eigenvalue weighted by atomic mass is 10.0. The number of aromatic amines is 1. The minimum absolute atomic E-state index is 0.0468. The van der Waals surface area contributed by atoms with Crippen LogP contribution in [0.1, 0.15) is 35.9 Å². The standard InChI is InChI=1S/C21H27ClN2O7/c1-5-10-31-21(27)18-17(22)16(13(24-18)11-23-9-8-15(25)26)12-6-7-14(28-2)20(30-4)19(12)29-3/h6-7,23-24H,5,8-11H2,1-4H3,(H,25,26). The van der Waals surface area contributed by atoms with Crippen molar-refractivity contribution >= 4 is 23.5 Å². The van der Waals surface area contributed by atoms with E-state index in [4.69, 9.17) is 35.7 Å². The summed E-state index contributed by atoms with van der Waals surface area (Å²) in [6.45, 7) is 2.63. The molecule has 0 aliphatic carbocycles. The molecule has 1 aromatic heterocycles. The van der Waals surface area contributed by atoms with Gasteiger partial charge in [0.05, 0.1) is 39.4 Å². The van der Waals surface area contributed by atoms with E-state index in [0.29, 0.717) is 40.5 Å². The first-order valence-corrected chi connectivity index (χ1v) is 10.1. The molecule has 0 spiro atoms. The van der Waals surface area contributed by atoms with Gasteiger partial charge in [-0.1, -0.05) is 18.5 Å². The number of nitrogens with one attached hydrogen (secondary N) is 2. The predicted octanol–water partition coefficient (Wildman–Crippen LogP) is 3.49. The van der Waals surface area contributed by atoms with E-state index in [-0.39, 0.29) is 36.8 Å². The number of carbonyl (C=O) groups excluding carboxylic acids is 1. The molecule has 1 aromatic carbocycles. The Labute approximate surface area is 185 Å². The fraction of sp³-hybridized carbons (Fsp3) is 0.429. The van der Waals surface area contributed by atoms with Crippen molar-refractivity contribution in [2.45, 2.75) is 26.3 Å². The second kappa shape index (κ2) is 11.5. The summed E-state index contributed by atoms with van der Waals surface area (Å²) in [7, 11) is 4.49. The summed E-state index contributed by atoms with van der Waals surface area (Å²) >= 11 is 6.62. The zero-order valence-electron chi connectivity index (χ0n) is 18.0. The number of rotatable bonds is 12. The molecule has 170 valence electrons. The molecule has 0 amide bonds. The van der Waals surface area contributed by atoms with Gasteiger partial charge in [0, 0.05) is 29.9 Å². The van der Waals surface area contributed by atoms with Gasteiger partial charge in [0.1, 0.15) is 5.69 Å². The predicted molar refractivity (Wildman–Crippen MR) is 115 cm³/mol. The lowest BCUT2D eigenvalue weighted by molar-refractivity contribution is -0.136. The second-order valence-corrected chi connectivity index (χ2v) is 6.88. The maximum atomic E-state index is 12.5. The van der Waals surface area contributed by atoms with Crippen LogP contribution in [0, 0.1) is 0 Å². The Bertz CT molecular complexity index is 927. The average Bonchev–Trinajstić information content (AvgIpc) is 3.09. The molecule has 1 heterocycles. The number of ether oxygens (including phenoxy) is 4. The normalized spacial score (nSPS) is 10.6. The van der Waals surface area contributed by atoms with Gasteiger partial charge >= 0.3 is 11.9 Å². The molecule has 0 radical (unpaired) electrons. The van der Waals surface area contributed by atoms with Crippen LogP contribution in [0.25, 0.3) is 11.1 Å². The van der Waals surface area contributed by atoms with Crippen molar-refractivity contribution in [2.24, 2.45) is 0 Å². The maximum Gasteiger partial charge on any atom is 0.356 e. The molecule has 31 heavy (non-hydrogen) atoms. The number of benzene rings is 1. The third-order valence-corrected chi connectivity index (χ3v) is 4.83. The van der Waals surface area contributed by atoms with E-state index >= 15 is 0 Å². The third-order valence-electron chi connectivity index (χ3n) is 4.45. The Hall–Kier alpha value is -2.91. The van der Waals surface area contributed by atoms with Crippen molar-refractivity contribution < 1.29 is 33.6 Å². The number of hydrogen-bond donors (Lipinski definition) is 3. The largest absolute Gasteiger partial charge is 0.493 e. The van der Waals surface area contributed by atoms with Gasteiger partial charge in [0.25, 0.3) is 0 Å². The lowest BCUT2D eigenvalue weighted by Crippen LogP contribution is -2.18. The van der Waals surface area contributed by atoms with E-state index in [1.165, 1.54) is 21.3 Å². The van der Waals surface area contributed by atoms with Crippen molar-refractivity contribution in [3.05, 3.63) is 28.5 Å². The highest BCUT2D eigenvalue weighted by Gasteiger charge is 2.27. The van der Waals surface area contributed by atoms with Crippen LogP contribution in [0.4, 0.5) is 0 Å². The summed E-state index contributed by atoms with van der Waals surface area (Å²) in [5.41, 5.74) is 1.78. The molecule has 0 bridgehead atoms. The molecule has 10 heteroatoms. The molecule has 0 aliphatic heterocycles. The van der Waals surface area contributed by atoms with Crippen molar-refractivity contribution in [1.29, 1.82) is 0 Å². The van der Waals surface area contributed by atoms with Gasteiger partial charge in [-0.3, -0.25) is 4.79 Å². The van der Waals surface area contributed by atoms with Gasteiger partial charge in [-0.05, 0) is 18.6 Å². The van der Waals surface area contributed by atoms with E-state index < -0.39 is 11.9 Å². The van der Waals surface area contributed by atoms with E-state index in [9.17, 15) is 9.59 Å². The Morgan fingerprint density at radius 1 is 1.13 bits per heavy atom. The van der Waals surface area contributed by atoms with Crippen LogP contribution in [0.3, 0.4) is 0 Å². The summed E-state index contributed by atoms with van der Waals surface area (Å²) in [6, 6.07) is 3.45. The monoisotopic (exact) mass is 454 g/mol. The molecule has 2 aromatic rings. The molecule has 0 unspecified atom stereocenters. The number of halogens is 1. The quantitative estimate of drug-likeness (QED) is 0.329. The Morgan fingerprint density at radius 3 is 2.42 bits per heavy atom. The molecule has 3 N–H and O–H groups in total. The third kappa shape index (κ3) is 5.62. The maximum absolute atomic E-state index is 12.5. The molecule has 9 nitrogen and oxygen atoms in total. The number of carbonyl (C=O) groups is 2. The minimum Gasteiger partial charge on any atom is -0.493 e. The van der Waals surface area contributed by atoms with Crippen molar-refractivity contribution in [1.82, 2.24) is 10.3 Å². The molecule has 2 rings (SSSR count). The highest BCUT2D eigenvalue weighted by atomic mass is 35.5. The van der Waals surface area contributed by atoms with Crippen LogP contribution < -0.4 is 19.5 Å². The fourth-order valence-corrected chi connectivity index (χ4v) is 3.39. The van der Waals surface area contributed by atoms with Crippen molar-refractivity contribution in [3.8, 4) is 28.4 Å². The van der Waals surface area contributed by atoms with Gasteiger partial charge in [-0.25, -0.2) is 4.79 Å². The molecule has 0 atom stereocenters. The Morgan fingerprint density at radius 2 is 1.84 bits per heavy atom. The van der Waals surface area contributed by atoms with Crippen LogP contribution in [0.15, 0.2) is 12.1 Å². The van der Waals surface area contributed by atoms with Gasteiger partial charge < -0.3 is 34.4 Å². The van der Waals surface area contributed by atoms with Crippen LogP contribution in [0.2, 0.25) is 5.02 Å². The number of carboxylic acid groups (broad SMARTS) is 1. The highest BCUT2D eigenvalue weighted by molar-refractivity contribution is 6.36. The zero-order chi connectivity index (χ0) is 23.0. The lowest BCUT2D eigenvalue weighted by Gasteiger charge is -2.16. The van der Waals surface area contributed by atoms with Crippen LogP contribution in [-0.4, -0.2) is 56.5 Å². The number of carboxylic acids is 1. The van der Waals surface area contributed by atoms with E-state index in [2.05, 4.69) is 10.3 Å². The number of aliphatic carboxylic acids is 1. The number of methoxy groups -OCH3 is 3. The number of aromatic nitrogens is 1. The summed E-state index contributed by atoms with van der Waals surface area (Å²) in [6.07, 6.45) is 0.624. The summed E-state index contributed by atoms with van der Waals surface area (Å²) in [5, 5.41) is 12.1. The van der Waals surface area contributed by atoms with E-state index in [1.807, 2.05) is 6.92 Å². The molecule has 0 fully saturated rings. The second-order valence-electron chi connectivity index (χ2n) is 6.51. The number of hydrogen-bond acceptors (Lipinski definition) is 7. The topological polar surface area (TPSA) is 119 Å². The molecule has 0 saturated carbocycles. The SMILES string of the molecule is CCCOC(=O)c1[nH]c(CNCCC(=O)O)c(-c2ccc(OC)c(OC)c2OC)c1Cl. The van der Waals surface area contributed by atoms with Crippen molar-refractivity contribution in [3.63, 3.8) is 0 Å². The highest BCUT2D eigenvalue weighted by Crippen LogP contribution is 2.47. The van der Waals surface area contributed by atoms with Crippen LogP contribution in [0.5, 0.6) is 17.2 Å². The summed E-state index contributed by atoms with van der Waals surface area (Å²) in [4.78, 5) is 26.3. The number of H-pyrrole nitrogens is 1. The number of esters is 1. The van der Waals surface area contributed by atoms with Gasteiger partial charge in [0.15, 0.2) is 11.5 Å².